The number of nitrogens with zero attached hydrogens (tertiary/aromatic N) is 1. The van der Waals surface area contributed by atoms with E-state index in [1.165, 1.54) is 11.3 Å². The third-order valence-corrected chi connectivity index (χ3v) is 3.87. The van der Waals surface area contributed by atoms with Gasteiger partial charge in [0.2, 0.25) is 5.91 Å². The Balaban J connectivity index is 1.88. The first kappa shape index (κ1) is 15.6. The Morgan fingerprint density at radius 2 is 2.14 bits per heavy atom. The molecule has 6 heteroatoms. The molecule has 0 fully saturated rings. The number of aliphatic hydroxyl groups is 1. The number of carbonyl (C=O) groups excluding carboxylic acids is 1. The van der Waals surface area contributed by atoms with E-state index in [4.69, 9.17) is 5.11 Å². The van der Waals surface area contributed by atoms with Crippen LogP contribution >= 0.6 is 11.3 Å². The summed E-state index contributed by atoms with van der Waals surface area (Å²) in [6.45, 7) is 2.13. The Kier molecular flexibility index (Phi) is 5.86. The predicted molar refractivity (Wildman–Crippen MR) is 84.4 cm³/mol. The van der Waals surface area contributed by atoms with E-state index in [2.05, 4.69) is 15.6 Å². The average molecular weight is 305 g/mol. The first-order valence-electron chi connectivity index (χ1n) is 6.80. The van der Waals surface area contributed by atoms with Gasteiger partial charge in [-0.25, -0.2) is 4.98 Å². The number of aromatic nitrogens is 1. The number of benzene rings is 1. The van der Waals surface area contributed by atoms with Gasteiger partial charge in [0.05, 0.1) is 12.2 Å². The monoisotopic (exact) mass is 305 g/mol. The van der Waals surface area contributed by atoms with Crippen molar-refractivity contribution in [3.8, 4) is 0 Å². The number of rotatable bonds is 7. The summed E-state index contributed by atoms with van der Waals surface area (Å²) in [4.78, 5) is 16.1. The molecule has 1 heterocycles. The molecular weight excluding hydrogens is 286 g/mol. The summed E-state index contributed by atoms with van der Waals surface area (Å²) >= 11 is 1.41. The molecule has 0 aliphatic carbocycles. The van der Waals surface area contributed by atoms with E-state index >= 15 is 0 Å². The summed E-state index contributed by atoms with van der Waals surface area (Å²) < 4.78 is 0. The molecule has 1 atom stereocenters. The van der Waals surface area contributed by atoms with Crippen LogP contribution in [0.15, 0.2) is 35.7 Å². The highest BCUT2D eigenvalue weighted by Crippen LogP contribution is 2.16. The summed E-state index contributed by atoms with van der Waals surface area (Å²) in [6, 6.07) is 9.75. The van der Waals surface area contributed by atoms with Gasteiger partial charge in [0.25, 0.3) is 0 Å². The predicted octanol–water partition coefficient (Wildman–Crippen LogP) is 2.10. The van der Waals surface area contributed by atoms with Gasteiger partial charge in [-0.05, 0) is 18.9 Å². The number of nitrogens with one attached hydrogen (secondary N) is 2. The number of anilines is 1. The Bertz CT molecular complexity index is 571. The summed E-state index contributed by atoms with van der Waals surface area (Å²) in [5.74, 6) is -0.136. The smallest absolute Gasteiger partial charge is 0.240 e. The van der Waals surface area contributed by atoms with Crippen molar-refractivity contribution >= 4 is 22.4 Å². The first-order chi connectivity index (χ1) is 10.2. The van der Waals surface area contributed by atoms with E-state index in [0.717, 1.165) is 11.3 Å². The number of aryl methyl sites for hydroxylation is 1. The number of carbonyl (C=O) groups is 1. The van der Waals surface area contributed by atoms with E-state index < -0.39 is 0 Å². The molecule has 0 aliphatic heterocycles. The number of hydrogen-bond acceptors (Lipinski definition) is 5. The standard InChI is InChI=1S/C15H19N3O2S/c1-11-10-21-15(17-11)18-14(20)9-16-13(7-8-19)12-5-3-2-4-6-12/h2-6,10,13,16,19H,7-9H2,1H3,(H,17,18,20). The highest BCUT2D eigenvalue weighted by molar-refractivity contribution is 7.13. The molecule has 1 aromatic heterocycles. The summed E-state index contributed by atoms with van der Waals surface area (Å²) in [7, 11) is 0. The minimum Gasteiger partial charge on any atom is -0.396 e. The molecular formula is C15H19N3O2S. The van der Waals surface area contributed by atoms with Crippen molar-refractivity contribution < 1.29 is 9.90 Å². The molecule has 0 saturated heterocycles. The fourth-order valence-electron chi connectivity index (χ4n) is 1.99. The second-order valence-corrected chi connectivity index (χ2v) is 5.56. The van der Waals surface area contributed by atoms with Crippen LogP contribution < -0.4 is 10.6 Å². The van der Waals surface area contributed by atoms with Gasteiger partial charge in [-0.3, -0.25) is 4.79 Å². The minimum absolute atomic E-state index is 0.0417. The third kappa shape index (κ3) is 4.93. The maximum absolute atomic E-state index is 11.9. The van der Waals surface area contributed by atoms with Crippen molar-refractivity contribution in [1.82, 2.24) is 10.3 Å². The zero-order chi connectivity index (χ0) is 15.1. The van der Waals surface area contributed by atoms with Gasteiger partial charge in [-0.1, -0.05) is 30.3 Å². The Hall–Kier alpha value is -1.76. The van der Waals surface area contributed by atoms with E-state index in [-0.39, 0.29) is 25.1 Å². The normalized spacial score (nSPS) is 12.1. The largest absolute Gasteiger partial charge is 0.396 e. The lowest BCUT2D eigenvalue weighted by Gasteiger charge is -2.17. The third-order valence-electron chi connectivity index (χ3n) is 2.99. The van der Waals surface area contributed by atoms with Gasteiger partial charge in [0, 0.05) is 18.0 Å². The molecule has 1 amide bonds. The maximum atomic E-state index is 11.9. The fraction of sp³-hybridized carbons (Fsp3) is 0.333. The fourth-order valence-corrected chi connectivity index (χ4v) is 2.70. The number of amides is 1. The molecule has 1 unspecified atom stereocenters. The topological polar surface area (TPSA) is 74.2 Å². The second kappa shape index (κ2) is 7.87. The molecule has 5 nitrogen and oxygen atoms in total. The lowest BCUT2D eigenvalue weighted by atomic mass is 10.0. The maximum Gasteiger partial charge on any atom is 0.240 e. The zero-order valence-corrected chi connectivity index (χ0v) is 12.7. The number of thiazole rings is 1. The van der Waals surface area contributed by atoms with Crippen molar-refractivity contribution in [2.45, 2.75) is 19.4 Å². The number of hydrogen-bond donors (Lipinski definition) is 3. The molecule has 2 rings (SSSR count). The van der Waals surface area contributed by atoms with Crippen LogP contribution in [0.4, 0.5) is 5.13 Å². The number of aliphatic hydroxyl groups excluding tert-OH is 1. The molecule has 21 heavy (non-hydrogen) atoms. The highest BCUT2D eigenvalue weighted by Gasteiger charge is 2.12. The van der Waals surface area contributed by atoms with E-state index in [0.29, 0.717) is 11.6 Å². The molecule has 0 aliphatic rings. The van der Waals surface area contributed by atoms with Gasteiger partial charge in [0.15, 0.2) is 5.13 Å². The molecule has 0 radical (unpaired) electrons. The summed E-state index contributed by atoms with van der Waals surface area (Å²) in [5, 5.41) is 17.6. The summed E-state index contributed by atoms with van der Waals surface area (Å²) in [6.07, 6.45) is 0.563. The van der Waals surface area contributed by atoms with Crippen molar-refractivity contribution in [1.29, 1.82) is 0 Å². The van der Waals surface area contributed by atoms with Crippen LogP contribution in [0.3, 0.4) is 0 Å². The Morgan fingerprint density at radius 3 is 2.76 bits per heavy atom. The van der Waals surface area contributed by atoms with Crippen molar-refractivity contribution in [3.05, 3.63) is 47.0 Å². The molecule has 2 aromatic rings. The molecule has 0 bridgehead atoms. The van der Waals surface area contributed by atoms with Gasteiger partial charge in [-0.15, -0.1) is 11.3 Å². The minimum atomic E-state index is -0.136. The van der Waals surface area contributed by atoms with Gasteiger partial charge >= 0.3 is 0 Å². The van der Waals surface area contributed by atoms with Crippen LogP contribution in [0.25, 0.3) is 0 Å². The SMILES string of the molecule is Cc1csc(NC(=O)CNC(CCO)c2ccccc2)n1. The molecule has 1 aromatic carbocycles. The zero-order valence-electron chi connectivity index (χ0n) is 11.9. The Labute approximate surface area is 128 Å². The summed E-state index contributed by atoms with van der Waals surface area (Å²) in [5.41, 5.74) is 1.95. The Morgan fingerprint density at radius 1 is 1.38 bits per heavy atom. The first-order valence-corrected chi connectivity index (χ1v) is 7.68. The average Bonchev–Trinajstić information content (AvgIpc) is 2.89. The van der Waals surface area contributed by atoms with Crippen LogP contribution in [-0.2, 0) is 4.79 Å². The molecule has 0 saturated carbocycles. The van der Waals surface area contributed by atoms with E-state index in [1.54, 1.807) is 0 Å². The second-order valence-electron chi connectivity index (χ2n) is 4.70. The van der Waals surface area contributed by atoms with Gasteiger partial charge < -0.3 is 15.7 Å². The lowest BCUT2D eigenvalue weighted by Crippen LogP contribution is -2.31. The highest BCUT2D eigenvalue weighted by atomic mass is 32.1. The van der Waals surface area contributed by atoms with E-state index in [1.807, 2.05) is 42.6 Å². The van der Waals surface area contributed by atoms with Crippen molar-refractivity contribution in [2.24, 2.45) is 0 Å². The molecule has 3 N–H and O–H groups in total. The van der Waals surface area contributed by atoms with Gasteiger partial charge in [0.1, 0.15) is 0 Å². The van der Waals surface area contributed by atoms with Crippen LogP contribution in [0.2, 0.25) is 0 Å². The van der Waals surface area contributed by atoms with Crippen molar-refractivity contribution in [3.63, 3.8) is 0 Å². The van der Waals surface area contributed by atoms with Crippen LogP contribution in [0.5, 0.6) is 0 Å². The lowest BCUT2D eigenvalue weighted by molar-refractivity contribution is -0.115. The van der Waals surface area contributed by atoms with Crippen LogP contribution in [0, 0.1) is 6.92 Å². The van der Waals surface area contributed by atoms with E-state index in [9.17, 15) is 4.79 Å². The van der Waals surface area contributed by atoms with Crippen molar-refractivity contribution in [2.75, 3.05) is 18.5 Å². The van der Waals surface area contributed by atoms with Crippen LogP contribution in [0.1, 0.15) is 23.7 Å². The van der Waals surface area contributed by atoms with Gasteiger partial charge in [-0.2, -0.15) is 0 Å². The quantitative estimate of drug-likeness (QED) is 0.732. The van der Waals surface area contributed by atoms with Crippen LogP contribution in [-0.4, -0.2) is 29.1 Å². The molecule has 0 spiro atoms. The molecule has 112 valence electrons.